The van der Waals surface area contributed by atoms with Gasteiger partial charge in [-0.1, -0.05) is 66.7 Å². The van der Waals surface area contributed by atoms with Gasteiger partial charge in [-0.2, -0.15) is 0 Å². The van der Waals surface area contributed by atoms with Crippen molar-refractivity contribution in [3.05, 3.63) is 84.4 Å². The van der Waals surface area contributed by atoms with E-state index in [1.807, 2.05) is 0 Å². The molecular formula is C22H16N2. The molecule has 3 aromatic carbocycles. The Morgan fingerprint density at radius 3 is 2.46 bits per heavy atom. The second kappa shape index (κ2) is 4.93. The van der Waals surface area contributed by atoms with Gasteiger partial charge in [0.15, 0.2) is 0 Å². The van der Waals surface area contributed by atoms with Gasteiger partial charge in [0.1, 0.15) is 5.65 Å². The third-order valence-corrected chi connectivity index (χ3v) is 4.68. The van der Waals surface area contributed by atoms with Crippen molar-refractivity contribution in [1.82, 2.24) is 9.38 Å². The van der Waals surface area contributed by atoms with Crippen molar-refractivity contribution < 1.29 is 0 Å². The molecule has 2 heteroatoms. The molecule has 0 saturated heterocycles. The van der Waals surface area contributed by atoms with Crippen molar-refractivity contribution in [1.29, 1.82) is 0 Å². The molecule has 5 rings (SSSR count). The van der Waals surface area contributed by atoms with Gasteiger partial charge in [0.25, 0.3) is 0 Å². The molecule has 24 heavy (non-hydrogen) atoms. The monoisotopic (exact) mass is 308 g/mol. The van der Waals surface area contributed by atoms with E-state index in [0.29, 0.717) is 0 Å². The number of hydrogen-bond acceptors (Lipinski definition) is 1. The number of pyridine rings is 1. The number of rotatable bonds is 1. The predicted molar refractivity (Wildman–Crippen MR) is 100 cm³/mol. The number of benzene rings is 3. The highest BCUT2D eigenvalue weighted by Crippen LogP contribution is 2.32. The first-order valence-corrected chi connectivity index (χ1v) is 8.18. The maximum absolute atomic E-state index is 4.95. The van der Waals surface area contributed by atoms with Gasteiger partial charge >= 0.3 is 0 Å². The van der Waals surface area contributed by atoms with Crippen LogP contribution in [0.5, 0.6) is 0 Å². The largest absolute Gasteiger partial charge is 0.291 e. The van der Waals surface area contributed by atoms with Gasteiger partial charge in [0.05, 0.1) is 16.7 Å². The number of para-hydroxylation sites is 1. The molecule has 5 aromatic rings. The molecule has 0 N–H and O–H groups in total. The Balaban J connectivity index is 2.08. The van der Waals surface area contributed by atoms with Crippen molar-refractivity contribution >= 4 is 27.5 Å². The minimum atomic E-state index is 1.02. The molecule has 2 heterocycles. The smallest absolute Gasteiger partial charge is 0.146 e. The second-order valence-corrected chi connectivity index (χ2v) is 6.20. The molecule has 0 aliphatic rings. The summed E-state index contributed by atoms with van der Waals surface area (Å²) in [6.45, 7) is 2.15. The van der Waals surface area contributed by atoms with Crippen LogP contribution < -0.4 is 0 Å². The first-order chi connectivity index (χ1) is 11.8. The zero-order valence-corrected chi connectivity index (χ0v) is 13.4. The Bertz CT molecular complexity index is 1200. The predicted octanol–water partition coefficient (Wildman–Crippen LogP) is 5.62. The first-order valence-electron chi connectivity index (χ1n) is 8.18. The molecule has 0 saturated carbocycles. The van der Waals surface area contributed by atoms with Crippen LogP contribution in [-0.4, -0.2) is 9.38 Å². The lowest BCUT2D eigenvalue weighted by molar-refractivity contribution is 1.24. The van der Waals surface area contributed by atoms with Gasteiger partial charge in [0, 0.05) is 5.39 Å². The van der Waals surface area contributed by atoms with Gasteiger partial charge in [-0.3, -0.25) is 4.40 Å². The Morgan fingerprint density at radius 2 is 1.58 bits per heavy atom. The van der Waals surface area contributed by atoms with E-state index in [1.54, 1.807) is 0 Å². The van der Waals surface area contributed by atoms with Crippen LogP contribution in [0.1, 0.15) is 5.56 Å². The zero-order valence-electron chi connectivity index (χ0n) is 13.4. The first kappa shape index (κ1) is 13.3. The molecule has 0 fully saturated rings. The summed E-state index contributed by atoms with van der Waals surface area (Å²) in [5.41, 5.74) is 6.89. The summed E-state index contributed by atoms with van der Waals surface area (Å²) < 4.78 is 2.31. The molecule has 0 radical (unpaired) electrons. The van der Waals surface area contributed by atoms with Crippen LogP contribution in [0, 0.1) is 6.92 Å². The third kappa shape index (κ3) is 1.80. The molecule has 114 valence electrons. The average Bonchev–Trinajstić information content (AvgIpc) is 3.03. The summed E-state index contributed by atoms with van der Waals surface area (Å²) in [4.78, 5) is 4.95. The van der Waals surface area contributed by atoms with Gasteiger partial charge in [-0.25, -0.2) is 4.98 Å². The van der Waals surface area contributed by atoms with Crippen LogP contribution in [-0.2, 0) is 0 Å². The highest BCUT2D eigenvalue weighted by atomic mass is 15.0. The lowest BCUT2D eigenvalue weighted by atomic mass is 10.1. The number of nitrogens with zero attached hydrogens (tertiary/aromatic N) is 2. The molecule has 2 aromatic heterocycles. The maximum atomic E-state index is 4.95. The molecule has 0 atom stereocenters. The minimum Gasteiger partial charge on any atom is -0.291 e. The Kier molecular flexibility index (Phi) is 2.74. The molecule has 0 bridgehead atoms. The Labute approximate surface area is 140 Å². The second-order valence-electron chi connectivity index (χ2n) is 6.20. The average molecular weight is 308 g/mol. The summed E-state index contributed by atoms with van der Waals surface area (Å²) in [7, 11) is 0. The molecule has 2 nitrogen and oxygen atoms in total. The summed E-state index contributed by atoms with van der Waals surface area (Å²) in [6.07, 6.45) is 0. The van der Waals surface area contributed by atoms with E-state index in [-0.39, 0.29) is 0 Å². The van der Waals surface area contributed by atoms with Gasteiger partial charge in [-0.05, 0) is 35.6 Å². The van der Waals surface area contributed by atoms with Gasteiger partial charge < -0.3 is 0 Å². The van der Waals surface area contributed by atoms with Crippen molar-refractivity contribution in [3.63, 3.8) is 0 Å². The van der Waals surface area contributed by atoms with E-state index >= 15 is 0 Å². The summed E-state index contributed by atoms with van der Waals surface area (Å²) >= 11 is 0. The fourth-order valence-electron chi connectivity index (χ4n) is 3.57. The van der Waals surface area contributed by atoms with Crippen LogP contribution >= 0.6 is 0 Å². The molecule has 0 aliphatic carbocycles. The minimum absolute atomic E-state index is 1.02. The summed E-state index contributed by atoms with van der Waals surface area (Å²) in [5.74, 6) is 0. The Morgan fingerprint density at radius 1 is 0.792 bits per heavy atom. The van der Waals surface area contributed by atoms with Gasteiger partial charge in [-0.15, -0.1) is 0 Å². The van der Waals surface area contributed by atoms with E-state index in [2.05, 4.69) is 90.2 Å². The van der Waals surface area contributed by atoms with E-state index in [9.17, 15) is 0 Å². The standard InChI is InChI=1S/C22H16N2/c1-15-8-7-13-19-21(15)24-20(16-9-3-2-4-10-16)14-17-11-5-6-12-18(17)22(24)23-19/h2-14H,1H3. The van der Waals surface area contributed by atoms with Gasteiger partial charge in [0.2, 0.25) is 0 Å². The quantitative estimate of drug-likeness (QED) is 0.393. The summed E-state index contributed by atoms with van der Waals surface area (Å²) in [5, 5.41) is 2.41. The SMILES string of the molecule is Cc1cccc2nc3c4ccccc4cc(-c4ccccc4)n3c12. The third-order valence-electron chi connectivity index (χ3n) is 4.68. The number of aromatic nitrogens is 2. The number of aryl methyl sites for hydroxylation is 1. The zero-order chi connectivity index (χ0) is 16.1. The van der Waals surface area contributed by atoms with Crippen molar-refractivity contribution in [2.45, 2.75) is 6.92 Å². The number of imidazole rings is 1. The van der Waals surface area contributed by atoms with Crippen LogP contribution in [0.3, 0.4) is 0 Å². The highest BCUT2D eigenvalue weighted by Gasteiger charge is 2.14. The van der Waals surface area contributed by atoms with E-state index in [0.717, 1.165) is 11.2 Å². The number of fused-ring (bicyclic) bond motifs is 5. The fourth-order valence-corrected chi connectivity index (χ4v) is 3.57. The molecule has 0 unspecified atom stereocenters. The van der Waals surface area contributed by atoms with Crippen molar-refractivity contribution in [2.75, 3.05) is 0 Å². The fraction of sp³-hybridized carbons (Fsp3) is 0.0455. The molecule has 0 spiro atoms. The van der Waals surface area contributed by atoms with E-state index in [1.165, 1.54) is 33.1 Å². The lowest BCUT2D eigenvalue weighted by Gasteiger charge is -2.11. The van der Waals surface area contributed by atoms with E-state index in [4.69, 9.17) is 4.98 Å². The maximum Gasteiger partial charge on any atom is 0.146 e. The lowest BCUT2D eigenvalue weighted by Crippen LogP contribution is -1.94. The molecular weight excluding hydrogens is 292 g/mol. The molecule has 0 amide bonds. The normalized spacial score (nSPS) is 11.5. The topological polar surface area (TPSA) is 17.3 Å². The highest BCUT2D eigenvalue weighted by molar-refractivity contribution is 6.01. The molecule has 0 aliphatic heterocycles. The van der Waals surface area contributed by atoms with E-state index < -0.39 is 0 Å². The van der Waals surface area contributed by atoms with Crippen LogP contribution in [0.2, 0.25) is 0 Å². The van der Waals surface area contributed by atoms with Crippen molar-refractivity contribution in [3.8, 4) is 11.3 Å². The Hall–Kier alpha value is -3.13. The van der Waals surface area contributed by atoms with Crippen LogP contribution in [0.25, 0.3) is 38.7 Å². The van der Waals surface area contributed by atoms with Crippen LogP contribution in [0.15, 0.2) is 78.9 Å². The van der Waals surface area contributed by atoms with Crippen molar-refractivity contribution in [2.24, 2.45) is 0 Å². The summed E-state index contributed by atoms with van der Waals surface area (Å²) in [6, 6.07) is 27.6. The van der Waals surface area contributed by atoms with Crippen LogP contribution in [0.4, 0.5) is 0 Å². The number of hydrogen-bond donors (Lipinski definition) is 0.